The molecule has 1 N–H and O–H groups in total. The molecule has 1 aliphatic rings. The van der Waals surface area contributed by atoms with Gasteiger partial charge in [-0.15, -0.1) is 6.42 Å². The van der Waals surface area contributed by atoms with Gasteiger partial charge in [0.05, 0.1) is 6.54 Å². The highest BCUT2D eigenvalue weighted by Gasteiger charge is 2.25. The molecule has 0 amide bonds. The van der Waals surface area contributed by atoms with E-state index in [-0.39, 0.29) is 0 Å². The minimum atomic E-state index is 0.545. The molecule has 0 aromatic carbocycles. The zero-order chi connectivity index (χ0) is 11.3. The van der Waals surface area contributed by atoms with Crippen molar-refractivity contribution in [1.82, 2.24) is 10.2 Å². The average molecular weight is 208 g/mol. The zero-order valence-corrected chi connectivity index (χ0v) is 10.3. The van der Waals surface area contributed by atoms with Gasteiger partial charge in [-0.25, -0.2) is 0 Å². The topological polar surface area (TPSA) is 15.3 Å². The predicted octanol–water partition coefficient (Wildman–Crippen LogP) is 1.72. The summed E-state index contributed by atoms with van der Waals surface area (Å²) >= 11 is 0. The number of terminal acetylenes is 1. The van der Waals surface area contributed by atoms with Gasteiger partial charge in [0, 0.05) is 25.2 Å². The number of hydrogen-bond acceptors (Lipinski definition) is 2. The van der Waals surface area contributed by atoms with E-state index in [1.807, 2.05) is 0 Å². The maximum Gasteiger partial charge on any atom is 0.0601 e. The van der Waals surface area contributed by atoms with Gasteiger partial charge in [-0.2, -0.15) is 0 Å². The van der Waals surface area contributed by atoms with Gasteiger partial charge in [-0.3, -0.25) is 4.90 Å². The first-order chi connectivity index (χ1) is 7.13. The molecule has 86 valence electrons. The minimum absolute atomic E-state index is 0.545. The van der Waals surface area contributed by atoms with Crippen LogP contribution in [-0.4, -0.2) is 36.6 Å². The zero-order valence-electron chi connectivity index (χ0n) is 10.3. The molecular weight excluding hydrogens is 184 g/mol. The van der Waals surface area contributed by atoms with Crippen LogP contribution >= 0.6 is 0 Å². The van der Waals surface area contributed by atoms with Gasteiger partial charge in [0.25, 0.3) is 0 Å². The summed E-state index contributed by atoms with van der Waals surface area (Å²) in [5.41, 5.74) is 0. The lowest BCUT2D eigenvalue weighted by atomic mass is 10.2. The normalized spacial score (nSPS) is 18.1. The second-order valence-electron chi connectivity index (χ2n) is 4.99. The van der Waals surface area contributed by atoms with Crippen LogP contribution in [0.4, 0.5) is 0 Å². The molecule has 0 aromatic rings. The van der Waals surface area contributed by atoms with E-state index in [2.05, 4.69) is 36.9 Å². The van der Waals surface area contributed by atoms with Crippen molar-refractivity contribution in [3.63, 3.8) is 0 Å². The van der Waals surface area contributed by atoms with Crippen molar-refractivity contribution in [3.05, 3.63) is 0 Å². The van der Waals surface area contributed by atoms with Crippen LogP contribution in [0.25, 0.3) is 0 Å². The maximum absolute atomic E-state index is 5.41. The van der Waals surface area contributed by atoms with Crippen molar-refractivity contribution in [1.29, 1.82) is 0 Å². The van der Waals surface area contributed by atoms with E-state index in [4.69, 9.17) is 6.42 Å². The number of hydrogen-bond donors (Lipinski definition) is 1. The second-order valence-corrected chi connectivity index (χ2v) is 4.99. The molecule has 0 bridgehead atoms. The molecule has 1 rings (SSSR count). The Bertz CT molecular complexity index is 213. The molecular formula is C13H24N2. The molecule has 0 spiro atoms. The van der Waals surface area contributed by atoms with Crippen LogP contribution in [0.3, 0.4) is 0 Å². The van der Waals surface area contributed by atoms with Crippen LogP contribution in [-0.2, 0) is 0 Å². The highest BCUT2D eigenvalue weighted by Crippen LogP contribution is 2.30. The standard InChI is InChI=1S/C13H24N2/c1-5-8-15(10-13-6-7-13)12(4)9-14-11(2)3/h1,11-14H,6-10H2,2-4H3. The van der Waals surface area contributed by atoms with Crippen molar-refractivity contribution in [2.45, 2.75) is 45.7 Å². The Labute approximate surface area is 94.4 Å². The Hall–Kier alpha value is -0.520. The molecule has 0 radical (unpaired) electrons. The van der Waals surface area contributed by atoms with Gasteiger partial charge < -0.3 is 5.32 Å². The number of nitrogens with one attached hydrogen (secondary N) is 1. The van der Waals surface area contributed by atoms with E-state index in [0.717, 1.165) is 19.0 Å². The summed E-state index contributed by atoms with van der Waals surface area (Å²) in [5.74, 6) is 3.68. The molecule has 0 aromatic heterocycles. The predicted molar refractivity (Wildman–Crippen MR) is 65.7 cm³/mol. The summed E-state index contributed by atoms with van der Waals surface area (Å²) in [6, 6.07) is 1.10. The summed E-state index contributed by atoms with van der Waals surface area (Å²) in [5, 5.41) is 3.47. The van der Waals surface area contributed by atoms with Gasteiger partial charge in [0.2, 0.25) is 0 Å². The smallest absolute Gasteiger partial charge is 0.0601 e. The third-order valence-corrected chi connectivity index (χ3v) is 2.93. The molecule has 2 heteroatoms. The fourth-order valence-electron chi connectivity index (χ4n) is 1.69. The van der Waals surface area contributed by atoms with Crippen molar-refractivity contribution < 1.29 is 0 Å². The first-order valence-corrected chi connectivity index (χ1v) is 6.04. The van der Waals surface area contributed by atoms with Gasteiger partial charge in [0.1, 0.15) is 0 Å². The van der Waals surface area contributed by atoms with E-state index in [1.54, 1.807) is 0 Å². The van der Waals surface area contributed by atoms with E-state index >= 15 is 0 Å². The summed E-state index contributed by atoms with van der Waals surface area (Å²) in [6.45, 7) is 9.63. The highest BCUT2D eigenvalue weighted by atomic mass is 15.2. The van der Waals surface area contributed by atoms with Crippen LogP contribution in [0.2, 0.25) is 0 Å². The largest absolute Gasteiger partial charge is 0.313 e. The molecule has 1 fully saturated rings. The van der Waals surface area contributed by atoms with Crippen LogP contribution in [0.1, 0.15) is 33.6 Å². The number of rotatable bonds is 7. The van der Waals surface area contributed by atoms with Crippen LogP contribution in [0.5, 0.6) is 0 Å². The van der Waals surface area contributed by atoms with Crippen molar-refractivity contribution in [2.24, 2.45) is 5.92 Å². The third kappa shape index (κ3) is 5.20. The SMILES string of the molecule is C#CCN(CC1CC1)C(C)CNC(C)C. The lowest BCUT2D eigenvalue weighted by molar-refractivity contribution is 0.217. The summed E-state index contributed by atoms with van der Waals surface area (Å²) < 4.78 is 0. The first-order valence-electron chi connectivity index (χ1n) is 6.04. The Morgan fingerprint density at radius 1 is 1.40 bits per heavy atom. The van der Waals surface area contributed by atoms with E-state index in [1.165, 1.54) is 19.4 Å². The van der Waals surface area contributed by atoms with Gasteiger partial charge in [0.15, 0.2) is 0 Å². The summed E-state index contributed by atoms with van der Waals surface area (Å²) in [7, 11) is 0. The molecule has 1 atom stereocenters. The van der Waals surface area contributed by atoms with Gasteiger partial charge in [-0.1, -0.05) is 19.8 Å². The van der Waals surface area contributed by atoms with Crippen LogP contribution < -0.4 is 5.32 Å². The fraction of sp³-hybridized carbons (Fsp3) is 0.846. The quantitative estimate of drug-likeness (QED) is 0.641. The summed E-state index contributed by atoms with van der Waals surface area (Å²) in [6.07, 6.45) is 8.20. The lowest BCUT2D eigenvalue weighted by Crippen LogP contribution is -2.43. The highest BCUT2D eigenvalue weighted by molar-refractivity contribution is 4.92. The van der Waals surface area contributed by atoms with E-state index in [9.17, 15) is 0 Å². The fourth-order valence-corrected chi connectivity index (χ4v) is 1.69. The molecule has 0 aliphatic heterocycles. The van der Waals surface area contributed by atoms with Crippen molar-refractivity contribution in [2.75, 3.05) is 19.6 Å². The molecule has 0 saturated heterocycles. The van der Waals surface area contributed by atoms with Gasteiger partial charge in [-0.05, 0) is 25.7 Å². The monoisotopic (exact) mass is 208 g/mol. The van der Waals surface area contributed by atoms with Crippen LogP contribution in [0.15, 0.2) is 0 Å². The molecule has 1 unspecified atom stereocenters. The molecule has 0 heterocycles. The van der Waals surface area contributed by atoms with E-state index in [0.29, 0.717) is 12.1 Å². The lowest BCUT2D eigenvalue weighted by Gasteiger charge is -2.28. The Morgan fingerprint density at radius 2 is 2.07 bits per heavy atom. The number of nitrogens with zero attached hydrogens (tertiary/aromatic N) is 1. The summed E-state index contributed by atoms with van der Waals surface area (Å²) in [4.78, 5) is 2.42. The minimum Gasteiger partial charge on any atom is -0.313 e. The second kappa shape index (κ2) is 6.15. The molecule has 1 aliphatic carbocycles. The third-order valence-electron chi connectivity index (χ3n) is 2.93. The Kier molecular flexibility index (Phi) is 5.14. The van der Waals surface area contributed by atoms with Crippen LogP contribution in [0, 0.1) is 18.3 Å². The molecule has 1 saturated carbocycles. The Morgan fingerprint density at radius 3 is 2.53 bits per heavy atom. The maximum atomic E-state index is 5.41. The Balaban J connectivity index is 2.28. The van der Waals surface area contributed by atoms with Gasteiger partial charge >= 0.3 is 0 Å². The van der Waals surface area contributed by atoms with Crippen molar-refractivity contribution >= 4 is 0 Å². The molecule has 2 nitrogen and oxygen atoms in total. The molecule has 15 heavy (non-hydrogen) atoms. The van der Waals surface area contributed by atoms with E-state index < -0.39 is 0 Å². The van der Waals surface area contributed by atoms with Crippen molar-refractivity contribution in [3.8, 4) is 12.3 Å². The average Bonchev–Trinajstić information content (AvgIpc) is 2.97. The first kappa shape index (κ1) is 12.5.